The Hall–Kier alpha value is -3.98. The second-order valence-corrected chi connectivity index (χ2v) is 8.95. The molecule has 4 rings (SSSR count). The Bertz CT molecular complexity index is 1390. The van der Waals surface area contributed by atoms with E-state index in [1.54, 1.807) is 30.6 Å². The van der Waals surface area contributed by atoms with Crippen LogP contribution in [0, 0.1) is 20.8 Å². The van der Waals surface area contributed by atoms with Crippen molar-refractivity contribution in [1.82, 2.24) is 19.7 Å². The molecular weight excluding hydrogens is 462 g/mol. The number of nitrogens with one attached hydrogen (secondary N) is 1. The van der Waals surface area contributed by atoms with Crippen LogP contribution < -0.4 is 5.32 Å². The molecule has 0 bridgehead atoms. The van der Waals surface area contributed by atoms with Crippen molar-refractivity contribution < 1.29 is 14.3 Å². The van der Waals surface area contributed by atoms with Gasteiger partial charge in [-0.25, -0.2) is 4.79 Å². The molecule has 2 aromatic heterocycles. The van der Waals surface area contributed by atoms with E-state index in [-0.39, 0.29) is 11.7 Å². The normalized spacial score (nSPS) is 10.7. The first-order valence-electron chi connectivity index (χ1n) is 10.9. The molecule has 0 aliphatic carbocycles. The SMILES string of the molecule is COC(=O)c1ccc(C)c(NC(=O)CSc2nnc(-c3ccncc3)n2-c2ccc(C)c(C)c2)c1. The molecular formula is C26H25N5O3S. The fourth-order valence-corrected chi connectivity index (χ4v) is 4.22. The van der Waals surface area contributed by atoms with Gasteiger partial charge in [0, 0.05) is 23.6 Å². The van der Waals surface area contributed by atoms with Crippen molar-refractivity contribution in [3.05, 3.63) is 83.2 Å². The molecule has 0 aliphatic heterocycles. The highest BCUT2D eigenvalue weighted by molar-refractivity contribution is 7.99. The summed E-state index contributed by atoms with van der Waals surface area (Å²) >= 11 is 1.29. The number of rotatable bonds is 7. The molecule has 1 N–H and O–H groups in total. The second-order valence-electron chi connectivity index (χ2n) is 8.00. The minimum Gasteiger partial charge on any atom is -0.465 e. The number of anilines is 1. The minimum absolute atomic E-state index is 0.112. The maximum Gasteiger partial charge on any atom is 0.337 e. The predicted octanol–water partition coefficient (Wildman–Crippen LogP) is 4.77. The first-order chi connectivity index (χ1) is 16.9. The van der Waals surface area contributed by atoms with Crippen molar-refractivity contribution in [3.63, 3.8) is 0 Å². The van der Waals surface area contributed by atoms with Crippen molar-refractivity contribution in [2.75, 3.05) is 18.2 Å². The summed E-state index contributed by atoms with van der Waals surface area (Å²) in [4.78, 5) is 28.7. The van der Waals surface area contributed by atoms with E-state index in [1.165, 1.54) is 24.4 Å². The molecule has 0 unspecified atom stereocenters. The zero-order valence-electron chi connectivity index (χ0n) is 19.9. The molecule has 0 fully saturated rings. The number of pyridine rings is 1. The van der Waals surface area contributed by atoms with Gasteiger partial charge in [0.25, 0.3) is 0 Å². The van der Waals surface area contributed by atoms with Gasteiger partial charge in [-0.15, -0.1) is 10.2 Å². The van der Waals surface area contributed by atoms with E-state index in [0.29, 0.717) is 22.2 Å². The lowest BCUT2D eigenvalue weighted by atomic mass is 10.1. The fourth-order valence-electron chi connectivity index (χ4n) is 3.47. The summed E-state index contributed by atoms with van der Waals surface area (Å²) in [6, 6.07) is 14.9. The number of aryl methyl sites for hydroxylation is 3. The third-order valence-corrected chi connectivity index (χ3v) is 6.51. The van der Waals surface area contributed by atoms with Crippen LogP contribution in [0.1, 0.15) is 27.0 Å². The van der Waals surface area contributed by atoms with Crippen molar-refractivity contribution in [1.29, 1.82) is 0 Å². The lowest BCUT2D eigenvalue weighted by Crippen LogP contribution is -2.16. The number of thioether (sulfide) groups is 1. The number of hydrogen-bond donors (Lipinski definition) is 1. The molecule has 0 saturated heterocycles. The van der Waals surface area contributed by atoms with Gasteiger partial charge in [0.1, 0.15) is 0 Å². The Morgan fingerprint density at radius 1 is 0.943 bits per heavy atom. The fraction of sp³-hybridized carbons (Fsp3) is 0.192. The Morgan fingerprint density at radius 3 is 2.40 bits per heavy atom. The Morgan fingerprint density at radius 2 is 1.69 bits per heavy atom. The summed E-state index contributed by atoms with van der Waals surface area (Å²) in [5.74, 6) is 0.0988. The third kappa shape index (κ3) is 5.41. The van der Waals surface area contributed by atoms with Crippen molar-refractivity contribution >= 4 is 29.3 Å². The highest BCUT2D eigenvalue weighted by atomic mass is 32.2. The van der Waals surface area contributed by atoms with Gasteiger partial charge in [-0.2, -0.15) is 0 Å². The molecule has 9 heteroatoms. The molecule has 0 saturated carbocycles. The van der Waals surface area contributed by atoms with Crippen LogP contribution in [0.15, 0.2) is 66.1 Å². The van der Waals surface area contributed by atoms with Gasteiger partial charge in [-0.1, -0.05) is 23.9 Å². The van der Waals surface area contributed by atoms with Gasteiger partial charge in [0.2, 0.25) is 5.91 Å². The molecule has 4 aromatic rings. The first-order valence-corrected chi connectivity index (χ1v) is 11.9. The maximum atomic E-state index is 12.8. The summed E-state index contributed by atoms with van der Waals surface area (Å²) < 4.78 is 6.72. The van der Waals surface area contributed by atoms with Crippen LogP contribution in [0.3, 0.4) is 0 Å². The van der Waals surface area contributed by atoms with Crippen molar-refractivity contribution in [3.8, 4) is 17.1 Å². The van der Waals surface area contributed by atoms with E-state index in [2.05, 4.69) is 46.5 Å². The zero-order valence-corrected chi connectivity index (χ0v) is 20.7. The number of ether oxygens (including phenoxy) is 1. The minimum atomic E-state index is -0.458. The Kier molecular flexibility index (Phi) is 7.26. The van der Waals surface area contributed by atoms with Crippen LogP contribution in [0.5, 0.6) is 0 Å². The lowest BCUT2D eigenvalue weighted by molar-refractivity contribution is -0.113. The number of amides is 1. The predicted molar refractivity (Wildman–Crippen MR) is 136 cm³/mol. The summed E-state index contributed by atoms with van der Waals surface area (Å²) in [7, 11) is 1.32. The van der Waals surface area contributed by atoms with E-state index in [9.17, 15) is 9.59 Å². The Balaban J connectivity index is 1.59. The second kappa shape index (κ2) is 10.5. The zero-order chi connectivity index (χ0) is 24.9. The van der Waals surface area contributed by atoms with E-state index >= 15 is 0 Å². The molecule has 178 valence electrons. The third-order valence-electron chi connectivity index (χ3n) is 5.59. The Labute approximate surface area is 207 Å². The molecule has 0 spiro atoms. The van der Waals surface area contributed by atoms with Crippen molar-refractivity contribution in [2.24, 2.45) is 0 Å². The summed E-state index contributed by atoms with van der Waals surface area (Å²) in [5.41, 5.74) is 5.89. The van der Waals surface area contributed by atoms with E-state index in [0.717, 1.165) is 22.4 Å². The average molecular weight is 488 g/mol. The van der Waals surface area contributed by atoms with Crippen LogP contribution in [0.25, 0.3) is 17.1 Å². The molecule has 0 aliphatic rings. The molecule has 2 heterocycles. The van der Waals surface area contributed by atoms with E-state index in [1.807, 2.05) is 29.7 Å². The standard InChI is InChI=1S/C26H25N5O3S/c1-16-6-8-21(13-18(16)3)31-24(19-9-11-27-12-10-19)29-30-26(31)35-15-23(32)28-22-14-20(25(33)34-4)7-5-17(22)2/h5-14H,15H2,1-4H3,(H,28,32). The van der Waals surface area contributed by atoms with Crippen LogP contribution in [0.2, 0.25) is 0 Å². The van der Waals surface area contributed by atoms with Crippen LogP contribution in [0.4, 0.5) is 5.69 Å². The summed E-state index contributed by atoms with van der Waals surface area (Å²) in [6.07, 6.45) is 3.42. The maximum absolute atomic E-state index is 12.8. The number of carbonyl (C=O) groups is 2. The highest BCUT2D eigenvalue weighted by Gasteiger charge is 2.18. The molecule has 2 aromatic carbocycles. The number of methoxy groups -OCH3 is 1. The van der Waals surface area contributed by atoms with Crippen LogP contribution in [-0.4, -0.2) is 44.5 Å². The molecule has 0 atom stereocenters. The smallest absolute Gasteiger partial charge is 0.337 e. The molecule has 0 radical (unpaired) electrons. The van der Waals surface area contributed by atoms with Crippen LogP contribution in [-0.2, 0) is 9.53 Å². The quantitative estimate of drug-likeness (QED) is 0.296. The lowest BCUT2D eigenvalue weighted by Gasteiger charge is -2.13. The van der Waals surface area contributed by atoms with Gasteiger partial charge in [0.15, 0.2) is 11.0 Å². The average Bonchev–Trinajstić information content (AvgIpc) is 3.30. The summed E-state index contributed by atoms with van der Waals surface area (Å²) in [5, 5.41) is 12.3. The van der Waals surface area contributed by atoms with Gasteiger partial charge in [-0.05, 0) is 73.9 Å². The number of hydrogen-bond acceptors (Lipinski definition) is 7. The highest BCUT2D eigenvalue weighted by Crippen LogP contribution is 2.29. The van der Waals surface area contributed by atoms with Gasteiger partial charge in [-0.3, -0.25) is 14.3 Å². The number of nitrogens with zero attached hydrogens (tertiary/aromatic N) is 4. The monoisotopic (exact) mass is 487 g/mol. The van der Waals surface area contributed by atoms with Crippen molar-refractivity contribution in [2.45, 2.75) is 25.9 Å². The van der Waals surface area contributed by atoms with E-state index in [4.69, 9.17) is 4.74 Å². The largest absolute Gasteiger partial charge is 0.465 e. The van der Waals surface area contributed by atoms with Gasteiger partial charge in [0.05, 0.1) is 24.1 Å². The number of benzene rings is 2. The summed E-state index contributed by atoms with van der Waals surface area (Å²) in [6.45, 7) is 5.98. The molecule has 8 nitrogen and oxygen atoms in total. The van der Waals surface area contributed by atoms with Gasteiger partial charge >= 0.3 is 5.97 Å². The number of carbonyl (C=O) groups excluding carboxylic acids is 2. The van der Waals surface area contributed by atoms with Crippen LogP contribution >= 0.6 is 11.8 Å². The number of aromatic nitrogens is 4. The number of esters is 1. The molecule has 1 amide bonds. The van der Waals surface area contributed by atoms with E-state index < -0.39 is 5.97 Å². The molecule has 35 heavy (non-hydrogen) atoms. The first kappa shape index (κ1) is 24.2. The topological polar surface area (TPSA) is 99.0 Å². The van der Waals surface area contributed by atoms with Gasteiger partial charge < -0.3 is 10.1 Å².